The van der Waals surface area contributed by atoms with Gasteiger partial charge in [-0.25, -0.2) is 0 Å². The predicted molar refractivity (Wildman–Crippen MR) is 78.7 cm³/mol. The van der Waals surface area contributed by atoms with Crippen molar-refractivity contribution in [2.45, 2.75) is 0 Å². The zero-order valence-electron chi connectivity index (χ0n) is 10.7. The van der Waals surface area contributed by atoms with Crippen molar-refractivity contribution in [3.63, 3.8) is 0 Å². The highest BCUT2D eigenvalue weighted by Crippen LogP contribution is 2.30. The lowest BCUT2D eigenvalue weighted by Gasteiger charge is -2.12. The summed E-state index contributed by atoms with van der Waals surface area (Å²) in [5.74, 6) is 0. The predicted octanol–water partition coefficient (Wildman–Crippen LogP) is 2.57. The number of nitrogen functional groups attached to an aromatic ring is 1. The highest BCUT2D eigenvalue weighted by molar-refractivity contribution is 6.42. The Labute approximate surface area is 118 Å². The molecule has 102 valence electrons. The second-order valence-corrected chi connectivity index (χ2v) is 5.01. The van der Waals surface area contributed by atoms with Crippen LogP contribution in [0.4, 0.5) is 11.4 Å². The number of hydrogen-bond donors (Lipinski definition) is 2. The molecular formula is C12H19Cl2N3O. The Morgan fingerprint density at radius 2 is 1.89 bits per heavy atom. The van der Waals surface area contributed by atoms with Crippen LogP contribution in [0.1, 0.15) is 0 Å². The van der Waals surface area contributed by atoms with E-state index < -0.39 is 0 Å². The molecule has 6 heteroatoms. The number of halogens is 2. The van der Waals surface area contributed by atoms with Gasteiger partial charge in [0, 0.05) is 13.1 Å². The molecule has 0 saturated carbocycles. The lowest BCUT2D eigenvalue weighted by molar-refractivity contribution is 0.126. The van der Waals surface area contributed by atoms with Gasteiger partial charge >= 0.3 is 0 Å². The smallest absolute Gasteiger partial charge is 0.0639 e. The minimum atomic E-state index is 0.460. The lowest BCUT2D eigenvalue weighted by atomic mass is 10.2. The Bertz CT molecular complexity index is 386. The molecule has 1 aromatic carbocycles. The van der Waals surface area contributed by atoms with Crippen LogP contribution < -0.4 is 11.1 Å². The van der Waals surface area contributed by atoms with E-state index in [0.29, 0.717) is 35.5 Å². The van der Waals surface area contributed by atoms with Gasteiger partial charge in [0.15, 0.2) is 0 Å². The first-order valence-electron chi connectivity index (χ1n) is 5.71. The van der Waals surface area contributed by atoms with Crippen molar-refractivity contribution < 1.29 is 4.74 Å². The number of likely N-dealkylation sites (N-methyl/N-ethyl adjacent to an activating group) is 1. The summed E-state index contributed by atoms with van der Waals surface area (Å²) in [5.41, 5.74) is 7.18. The van der Waals surface area contributed by atoms with Gasteiger partial charge in [0.25, 0.3) is 0 Å². The average Bonchev–Trinajstić information content (AvgIpc) is 2.29. The summed E-state index contributed by atoms with van der Waals surface area (Å²) >= 11 is 11.8. The van der Waals surface area contributed by atoms with Gasteiger partial charge in [0.05, 0.1) is 34.6 Å². The quantitative estimate of drug-likeness (QED) is 0.599. The molecule has 1 aromatic rings. The van der Waals surface area contributed by atoms with Gasteiger partial charge in [-0.1, -0.05) is 23.2 Å². The van der Waals surface area contributed by atoms with Crippen molar-refractivity contribution in [3.05, 3.63) is 22.2 Å². The summed E-state index contributed by atoms with van der Waals surface area (Å²) in [6, 6.07) is 3.36. The molecular weight excluding hydrogens is 273 g/mol. The summed E-state index contributed by atoms with van der Waals surface area (Å²) in [5, 5.41) is 4.11. The average molecular weight is 292 g/mol. The number of nitrogens with one attached hydrogen (secondary N) is 1. The molecule has 1 rings (SSSR count). The van der Waals surface area contributed by atoms with E-state index in [2.05, 4.69) is 10.2 Å². The van der Waals surface area contributed by atoms with Crippen molar-refractivity contribution >= 4 is 34.6 Å². The zero-order chi connectivity index (χ0) is 13.5. The van der Waals surface area contributed by atoms with Gasteiger partial charge in [-0.15, -0.1) is 0 Å². The fourth-order valence-corrected chi connectivity index (χ4v) is 1.66. The van der Waals surface area contributed by atoms with E-state index in [4.69, 9.17) is 33.7 Å². The van der Waals surface area contributed by atoms with Crippen LogP contribution in [-0.4, -0.2) is 45.3 Å². The van der Waals surface area contributed by atoms with E-state index in [1.54, 1.807) is 12.1 Å². The first-order chi connectivity index (χ1) is 8.50. The number of anilines is 2. The van der Waals surface area contributed by atoms with Crippen molar-refractivity contribution in [2.24, 2.45) is 0 Å². The molecule has 0 unspecified atom stereocenters. The summed E-state index contributed by atoms with van der Waals surface area (Å²) in [6.45, 7) is 2.92. The Morgan fingerprint density at radius 3 is 2.56 bits per heavy atom. The van der Waals surface area contributed by atoms with Crippen molar-refractivity contribution in [2.75, 3.05) is 51.4 Å². The van der Waals surface area contributed by atoms with Crippen molar-refractivity contribution in [3.8, 4) is 0 Å². The molecule has 0 saturated heterocycles. The van der Waals surface area contributed by atoms with Crippen LogP contribution in [0, 0.1) is 0 Å². The molecule has 3 N–H and O–H groups in total. The molecule has 0 aliphatic rings. The molecule has 0 bridgehead atoms. The molecule has 0 aliphatic heterocycles. The Hall–Kier alpha value is -0.680. The third-order valence-corrected chi connectivity index (χ3v) is 3.06. The zero-order valence-corrected chi connectivity index (χ0v) is 12.2. The first-order valence-corrected chi connectivity index (χ1v) is 6.47. The fourth-order valence-electron chi connectivity index (χ4n) is 1.32. The topological polar surface area (TPSA) is 50.5 Å². The second kappa shape index (κ2) is 7.69. The number of nitrogens with two attached hydrogens (primary N) is 1. The van der Waals surface area contributed by atoms with Crippen LogP contribution in [0.2, 0.25) is 10.0 Å². The molecule has 0 radical (unpaired) electrons. The third-order valence-electron chi connectivity index (χ3n) is 2.34. The number of benzene rings is 1. The molecule has 0 aromatic heterocycles. The highest BCUT2D eigenvalue weighted by Gasteiger charge is 2.04. The minimum absolute atomic E-state index is 0.460. The molecule has 0 aliphatic carbocycles. The molecule has 0 amide bonds. The van der Waals surface area contributed by atoms with Crippen molar-refractivity contribution in [1.82, 2.24) is 4.90 Å². The maximum atomic E-state index is 5.92. The van der Waals surface area contributed by atoms with Gasteiger partial charge in [-0.2, -0.15) is 0 Å². The van der Waals surface area contributed by atoms with Crippen molar-refractivity contribution in [1.29, 1.82) is 0 Å². The van der Waals surface area contributed by atoms with E-state index in [1.807, 2.05) is 14.1 Å². The summed E-state index contributed by atoms with van der Waals surface area (Å²) in [6.07, 6.45) is 0. The van der Waals surface area contributed by atoms with Crippen LogP contribution >= 0.6 is 23.2 Å². The summed E-state index contributed by atoms with van der Waals surface area (Å²) < 4.78 is 5.46. The highest BCUT2D eigenvalue weighted by atomic mass is 35.5. The van der Waals surface area contributed by atoms with E-state index in [9.17, 15) is 0 Å². The standard InChI is InChI=1S/C12H19Cl2N3O/c1-17(2)4-6-18-5-3-16-12-8-10(14)9(13)7-11(12)15/h7-8,16H,3-6,15H2,1-2H3. The summed E-state index contributed by atoms with van der Waals surface area (Å²) in [7, 11) is 4.02. The van der Waals surface area contributed by atoms with Crippen LogP contribution in [0.15, 0.2) is 12.1 Å². The lowest BCUT2D eigenvalue weighted by Crippen LogP contribution is -2.20. The SMILES string of the molecule is CN(C)CCOCCNc1cc(Cl)c(Cl)cc1N. The minimum Gasteiger partial charge on any atom is -0.397 e. The van der Waals surface area contributed by atoms with Gasteiger partial charge < -0.3 is 20.7 Å². The Kier molecular flexibility index (Phi) is 6.57. The maximum Gasteiger partial charge on any atom is 0.0639 e. The number of nitrogens with zero attached hydrogens (tertiary/aromatic N) is 1. The Morgan fingerprint density at radius 1 is 1.22 bits per heavy atom. The van der Waals surface area contributed by atoms with E-state index >= 15 is 0 Å². The summed E-state index contributed by atoms with van der Waals surface area (Å²) in [4.78, 5) is 2.07. The number of ether oxygens (including phenoxy) is 1. The third kappa shape index (κ3) is 5.31. The van der Waals surface area contributed by atoms with Gasteiger partial charge in [0.2, 0.25) is 0 Å². The van der Waals surface area contributed by atoms with E-state index in [0.717, 1.165) is 12.2 Å². The monoisotopic (exact) mass is 291 g/mol. The van der Waals surface area contributed by atoms with Crippen LogP contribution in [-0.2, 0) is 4.74 Å². The normalized spacial score (nSPS) is 10.9. The molecule has 18 heavy (non-hydrogen) atoms. The van der Waals surface area contributed by atoms with Gasteiger partial charge in [-0.05, 0) is 26.2 Å². The second-order valence-electron chi connectivity index (χ2n) is 4.20. The fraction of sp³-hybridized carbons (Fsp3) is 0.500. The molecule has 0 fully saturated rings. The van der Waals surface area contributed by atoms with E-state index in [1.165, 1.54) is 0 Å². The van der Waals surface area contributed by atoms with Gasteiger partial charge in [-0.3, -0.25) is 0 Å². The molecule has 4 nitrogen and oxygen atoms in total. The Balaban J connectivity index is 2.29. The maximum absolute atomic E-state index is 5.92. The molecule has 0 heterocycles. The number of rotatable bonds is 7. The first kappa shape index (κ1) is 15.4. The van der Waals surface area contributed by atoms with Gasteiger partial charge in [0.1, 0.15) is 0 Å². The van der Waals surface area contributed by atoms with Crippen LogP contribution in [0.5, 0.6) is 0 Å². The van der Waals surface area contributed by atoms with Crippen LogP contribution in [0.3, 0.4) is 0 Å². The largest absolute Gasteiger partial charge is 0.397 e. The van der Waals surface area contributed by atoms with Crippen LogP contribution in [0.25, 0.3) is 0 Å². The molecule has 0 atom stereocenters. The molecule has 0 spiro atoms. The number of hydrogen-bond acceptors (Lipinski definition) is 4. The van der Waals surface area contributed by atoms with E-state index in [-0.39, 0.29) is 0 Å².